The highest BCUT2D eigenvalue weighted by Gasteiger charge is 2.36. The number of amides is 1. The molecule has 2 heterocycles. The molecule has 0 aliphatic rings. The van der Waals surface area contributed by atoms with E-state index in [-0.39, 0.29) is 17.3 Å². The van der Waals surface area contributed by atoms with Crippen LogP contribution in [0.1, 0.15) is 33.6 Å². The van der Waals surface area contributed by atoms with Crippen LogP contribution in [0.25, 0.3) is 17.0 Å². The average molecular weight is 455 g/mol. The van der Waals surface area contributed by atoms with Crippen molar-refractivity contribution in [3.63, 3.8) is 0 Å². The Hall–Kier alpha value is -4.28. The maximum atomic E-state index is 13.7. The monoisotopic (exact) mass is 455 g/mol. The highest BCUT2D eigenvalue weighted by Crippen LogP contribution is 2.32. The summed E-state index contributed by atoms with van der Waals surface area (Å²) in [4.78, 5) is 32.0. The van der Waals surface area contributed by atoms with E-state index in [9.17, 15) is 22.8 Å². The summed E-state index contributed by atoms with van der Waals surface area (Å²) in [5, 5.41) is 6.21. The van der Waals surface area contributed by atoms with Crippen molar-refractivity contribution < 1.29 is 27.5 Å². The van der Waals surface area contributed by atoms with Gasteiger partial charge < -0.3 is 10.1 Å². The minimum atomic E-state index is -4.77. The number of anilines is 1. The van der Waals surface area contributed by atoms with Crippen LogP contribution in [0.4, 0.5) is 18.9 Å². The topological polar surface area (TPSA) is 98.5 Å². The Labute approximate surface area is 185 Å². The number of rotatable bonds is 5. The first-order chi connectivity index (χ1) is 15.7. The number of hydrogen-bond donors (Lipinski definition) is 1. The molecule has 0 saturated heterocycles. The number of alkyl halides is 3. The number of nitrogens with zero attached hydrogens (tertiary/aromatic N) is 4. The minimum Gasteiger partial charge on any atom is -0.497 e. The van der Waals surface area contributed by atoms with E-state index >= 15 is 0 Å². The Morgan fingerprint density at radius 1 is 1.00 bits per heavy atom. The third-order valence-electron chi connectivity index (χ3n) is 4.74. The highest BCUT2D eigenvalue weighted by atomic mass is 19.4. The van der Waals surface area contributed by atoms with Crippen molar-refractivity contribution in [2.24, 2.45) is 0 Å². The molecule has 2 aromatic carbocycles. The number of aromatic nitrogens is 4. The van der Waals surface area contributed by atoms with Crippen molar-refractivity contribution in [1.82, 2.24) is 19.6 Å². The fourth-order valence-corrected chi connectivity index (χ4v) is 3.05. The number of hydrogen-bond acceptors (Lipinski definition) is 6. The first-order valence-corrected chi connectivity index (χ1v) is 9.57. The van der Waals surface area contributed by atoms with E-state index in [0.29, 0.717) is 27.1 Å². The van der Waals surface area contributed by atoms with Gasteiger partial charge in [-0.25, -0.2) is 4.98 Å². The number of methoxy groups -OCH3 is 1. The van der Waals surface area contributed by atoms with Gasteiger partial charge in [-0.3, -0.25) is 9.59 Å². The minimum absolute atomic E-state index is 0.0108. The van der Waals surface area contributed by atoms with Crippen LogP contribution in [0.15, 0.2) is 54.6 Å². The molecule has 0 radical (unpaired) electrons. The summed E-state index contributed by atoms with van der Waals surface area (Å²) < 4.78 is 46.7. The number of halogens is 3. The van der Waals surface area contributed by atoms with Gasteiger partial charge in [0.05, 0.1) is 12.8 Å². The molecule has 8 nitrogen and oxygen atoms in total. The molecule has 4 rings (SSSR count). The van der Waals surface area contributed by atoms with Gasteiger partial charge in [-0.05, 0) is 61.5 Å². The molecule has 0 aliphatic heterocycles. The molecular weight excluding hydrogens is 439 g/mol. The molecule has 1 amide bonds. The summed E-state index contributed by atoms with van der Waals surface area (Å²) >= 11 is 0. The SMILES string of the molecule is COc1ccc(-c2cc(C(F)(F)F)n3nc(C(=O)Nc4ccc(C(C)=O)cc4)nc3n2)cc1. The number of ketones is 1. The molecular formula is C22H16F3N5O3. The van der Waals surface area contributed by atoms with Crippen molar-refractivity contribution in [2.75, 3.05) is 12.4 Å². The van der Waals surface area contributed by atoms with Crippen LogP contribution in [0, 0.1) is 0 Å². The number of carbonyl (C=O) groups excluding carboxylic acids is 2. The zero-order valence-electron chi connectivity index (χ0n) is 17.3. The van der Waals surface area contributed by atoms with E-state index < -0.39 is 23.6 Å². The van der Waals surface area contributed by atoms with E-state index in [1.807, 2.05) is 0 Å². The van der Waals surface area contributed by atoms with Gasteiger partial charge >= 0.3 is 6.18 Å². The smallest absolute Gasteiger partial charge is 0.433 e. The Bertz CT molecular complexity index is 1350. The number of ether oxygens (including phenoxy) is 1. The van der Waals surface area contributed by atoms with Crippen molar-refractivity contribution >= 4 is 23.2 Å². The number of benzene rings is 2. The third kappa shape index (κ3) is 4.52. The molecule has 168 valence electrons. The average Bonchev–Trinajstić information content (AvgIpc) is 3.22. The van der Waals surface area contributed by atoms with Gasteiger partial charge in [0.2, 0.25) is 5.82 Å². The summed E-state index contributed by atoms with van der Waals surface area (Å²) in [5.41, 5.74) is 0.0615. The molecule has 33 heavy (non-hydrogen) atoms. The molecule has 0 aliphatic carbocycles. The van der Waals surface area contributed by atoms with Crippen molar-refractivity contribution in [3.05, 3.63) is 71.7 Å². The van der Waals surface area contributed by atoms with Gasteiger partial charge in [0.15, 0.2) is 11.5 Å². The van der Waals surface area contributed by atoms with Crippen LogP contribution < -0.4 is 10.1 Å². The van der Waals surface area contributed by atoms with Gasteiger partial charge in [-0.1, -0.05) is 0 Å². The van der Waals surface area contributed by atoms with Crippen molar-refractivity contribution in [2.45, 2.75) is 13.1 Å². The molecule has 0 fully saturated rings. The first-order valence-electron chi connectivity index (χ1n) is 9.57. The summed E-state index contributed by atoms with van der Waals surface area (Å²) in [6, 6.07) is 13.2. The van der Waals surface area contributed by atoms with E-state index in [4.69, 9.17) is 4.74 Å². The fourth-order valence-electron chi connectivity index (χ4n) is 3.05. The van der Waals surface area contributed by atoms with Gasteiger partial charge in [0.25, 0.3) is 11.7 Å². The normalized spacial score (nSPS) is 11.4. The second-order valence-corrected chi connectivity index (χ2v) is 6.99. The number of fused-ring (bicyclic) bond motifs is 1. The van der Waals surface area contributed by atoms with Crippen LogP contribution in [-0.2, 0) is 6.18 Å². The zero-order valence-corrected chi connectivity index (χ0v) is 17.3. The lowest BCUT2D eigenvalue weighted by molar-refractivity contribution is -0.142. The molecule has 0 saturated carbocycles. The Morgan fingerprint density at radius 2 is 1.67 bits per heavy atom. The molecule has 4 aromatic rings. The second-order valence-electron chi connectivity index (χ2n) is 6.99. The molecule has 2 aromatic heterocycles. The van der Waals surface area contributed by atoms with E-state index in [1.54, 1.807) is 24.3 Å². The van der Waals surface area contributed by atoms with Crippen LogP contribution in [0.2, 0.25) is 0 Å². The molecule has 0 atom stereocenters. The molecule has 0 spiro atoms. The number of carbonyl (C=O) groups is 2. The molecule has 0 bridgehead atoms. The largest absolute Gasteiger partial charge is 0.497 e. The van der Waals surface area contributed by atoms with Crippen LogP contribution in [0.3, 0.4) is 0 Å². The van der Waals surface area contributed by atoms with Crippen molar-refractivity contribution in [3.8, 4) is 17.0 Å². The van der Waals surface area contributed by atoms with Gasteiger partial charge in [0, 0.05) is 16.8 Å². The predicted octanol–water partition coefficient (Wildman–Crippen LogP) is 4.27. The highest BCUT2D eigenvalue weighted by molar-refractivity contribution is 6.02. The number of nitrogens with one attached hydrogen (secondary N) is 1. The fraction of sp³-hybridized carbons (Fsp3) is 0.136. The standard InChI is InChI=1S/C22H16F3N5O3/c1-12(31)13-3-7-15(8-4-13)26-20(32)19-28-21-27-17(14-5-9-16(33-2)10-6-14)11-18(22(23,24)25)30(21)29-19/h3-11H,1-2H3,(H,26,32). The predicted molar refractivity (Wildman–Crippen MR) is 112 cm³/mol. The Morgan fingerprint density at radius 3 is 2.24 bits per heavy atom. The first kappa shape index (κ1) is 21.9. The van der Waals surface area contributed by atoms with Gasteiger partial charge in [-0.2, -0.15) is 22.7 Å². The van der Waals surface area contributed by atoms with Gasteiger partial charge in [0.1, 0.15) is 5.75 Å². The molecule has 1 N–H and O–H groups in total. The summed E-state index contributed by atoms with van der Waals surface area (Å²) in [7, 11) is 1.47. The van der Waals surface area contributed by atoms with Crippen LogP contribution in [0.5, 0.6) is 5.75 Å². The van der Waals surface area contributed by atoms with Crippen LogP contribution in [-0.4, -0.2) is 38.4 Å². The Balaban J connectivity index is 1.71. The van der Waals surface area contributed by atoms with E-state index in [0.717, 1.165) is 6.07 Å². The molecule has 0 unspecified atom stereocenters. The van der Waals surface area contributed by atoms with E-state index in [2.05, 4.69) is 20.4 Å². The zero-order chi connectivity index (χ0) is 23.8. The lowest BCUT2D eigenvalue weighted by atomic mass is 10.1. The van der Waals surface area contributed by atoms with E-state index in [1.165, 1.54) is 38.3 Å². The second kappa shape index (κ2) is 8.34. The maximum absolute atomic E-state index is 13.7. The summed E-state index contributed by atoms with van der Waals surface area (Å²) in [5.74, 6) is -1.31. The quantitative estimate of drug-likeness (QED) is 0.451. The lowest BCUT2D eigenvalue weighted by Crippen LogP contribution is -2.16. The van der Waals surface area contributed by atoms with Crippen molar-refractivity contribution in [1.29, 1.82) is 0 Å². The van der Waals surface area contributed by atoms with Gasteiger partial charge in [-0.15, -0.1) is 5.10 Å². The summed E-state index contributed by atoms with van der Waals surface area (Å²) in [6.07, 6.45) is -4.77. The van der Waals surface area contributed by atoms with Crippen LogP contribution >= 0.6 is 0 Å². The Kier molecular flexibility index (Phi) is 5.54. The maximum Gasteiger partial charge on any atom is 0.433 e. The lowest BCUT2D eigenvalue weighted by Gasteiger charge is -2.10. The molecule has 11 heteroatoms. The summed E-state index contributed by atoms with van der Waals surface area (Å²) in [6.45, 7) is 1.40. The third-order valence-corrected chi connectivity index (χ3v) is 4.74. The number of Topliss-reactive ketones (excluding diaryl/α,β-unsaturated/α-hetero) is 1.